The molecule has 0 fully saturated rings. The van der Waals surface area contributed by atoms with Gasteiger partial charge < -0.3 is 4.74 Å². The van der Waals surface area contributed by atoms with Crippen molar-refractivity contribution in [3.63, 3.8) is 0 Å². The van der Waals surface area contributed by atoms with E-state index in [0.29, 0.717) is 6.61 Å². The van der Waals surface area contributed by atoms with Crippen LogP contribution >= 0.6 is 0 Å². The summed E-state index contributed by atoms with van der Waals surface area (Å²) < 4.78 is 34.2. The molecule has 1 N–H and O–H groups in total. The van der Waals surface area contributed by atoms with E-state index >= 15 is 0 Å². The van der Waals surface area contributed by atoms with Crippen LogP contribution in [0.4, 0.5) is 0 Å². The van der Waals surface area contributed by atoms with E-state index in [0.717, 1.165) is 12.0 Å². The number of rotatable bonds is 6. The zero-order valence-electron chi connectivity index (χ0n) is 8.30. The van der Waals surface area contributed by atoms with Crippen LogP contribution in [0, 0.1) is 0 Å². The SMILES string of the molecule is O=S(=O)(O)CCOCCc1ccccc1. The fourth-order valence-electron chi connectivity index (χ4n) is 1.10. The van der Waals surface area contributed by atoms with Gasteiger partial charge in [0.1, 0.15) is 0 Å². The van der Waals surface area contributed by atoms with Gasteiger partial charge in [-0.1, -0.05) is 30.3 Å². The molecule has 15 heavy (non-hydrogen) atoms. The van der Waals surface area contributed by atoms with E-state index < -0.39 is 10.1 Å². The molecule has 0 aliphatic rings. The lowest BCUT2D eigenvalue weighted by molar-refractivity contribution is 0.151. The number of hydrogen-bond acceptors (Lipinski definition) is 3. The normalized spacial score (nSPS) is 11.5. The monoisotopic (exact) mass is 230 g/mol. The third kappa shape index (κ3) is 6.22. The molecule has 0 saturated carbocycles. The summed E-state index contributed by atoms with van der Waals surface area (Å²) in [5.74, 6) is -0.345. The lowest BCUT2D eigenvalue weighted by Crippen LogP contribution is -2.11. The molecule has 0 aromatic heterocycles. The highest BCUT2D eigenvalue weighted by Crippen LogP contribution is 1.99. The smallest absolute Gasteiger partial charge is 0.267 e. The van der Waals surface area contributed by atoms with Crippen LogP contribution in [-0.2, 0) is 21.3 Å². The Morgan fingerprint density at radius 1 is 1.13 bits per heavy atom. The van der Waals surface area contributed by atoms with Crippen LogP contribution in [0.1, 0.15) is 5.56 Å². The second-order valence-electron chi connectivity index (χ2n) is 3.13. The second kappa shape index (κ2) is 5.85. The number of hydrogen-bond donors (Lipinski definition) is 1. The molecule has 0 bridgehead atoms. The maximum absolute atomic E-state index is 10.3. The summed E-state index contributed by atoms with van der Waals surface area (Å²) in [5, 5.41) is 0. The molecule has 4 nitrogen and oxygen atoms in total. The predicted molar refractivity (Wildman–Crippen MR) is 57.4 cm³/mol. The third-order valence-electron chi connectivity index (χ3n) is 1.86. The van der Waals surface area contributed by atoms with Crippen LogP contribution in [-0.4, -0.2) is 31.9 Å². The topological polar surface area (TPSA) is 63.6 Å². The largest absolute Gasteiger partial charge is 0.380 e. The van der Waals surface area contributed by atoms with Crippen LogP contribution < -0.4 is 0 Å². The lowest BCUT2D eigenvalue weighted by Gasteiger charge is -2.02. The summed E-state index contributed by atoms with van der Waals surface area (Å²) in [6.45, 7) is 0.491. The molecular weight excluding hydrogens is 216 g/mol. The standard InChI is InChI=1S/C10H14O4S/c11-15(12,13)9-8-14-7-6-10-4-2-1-3-5-10/h1-5H,6-9H2,(H,11,12,13). The molecule has 0 radical (unpaired) electrons. The minimum absolute atomic E-state index is 0.0334. The highest BCUT2D eigenvalue weighted by Gasteiger charge is 2.03. The Morgan fingerprint density at radius 3 is 2.40 bits per heavy atom. The highest BCUT2D eigenvalue weighted by molar-refractivity contribution is 7.85. The molecule has 0 heterocycles. The van der Waals surface area contributed by atoms with E-state index in [-0.39, 0.29) is 12.4 Å². The maximum atomic E-state index is 10.3. The Kier molecular flexibility index (Phi) is 4.74. The van der Waals surface area contributed by atoms with Crippen LogP contribution in [0.2, 0.25) is 0 Å². The fraction of sp³-hybridized carbons (Fsp3) is 0.400. The first kappa shape index (κ1) is 12.2. The van der Waals surface area contributed by atoms with Crippen LogP contribution in [0.5, 0.6) is 0 Å². The zero-order chi connectivity index (χ0) is 11.1. The third-order valence-corrected chi connectivity index (χ3v) is 2.55. The predicted octanol–water partition coefficient (Wildman–Crippen LogP) is 1.13. The van der Waals surface area contributed by atoms with E-state index in [1.807, 2.05) is 30.3 Å². The van der Waals surface area contributed by atoms with E-state index in [9.17, 15) is 8.42 Å². The molecule has 1 aromatic carbocycles. The molecule has 0 atom stereocenters. The minimum atomic E-state index is -3.89. The van der Waals surface area contributed by atoms with E-state index in [1.165, 1.54) is 0 Å². The average molecular weight is 230 g/mol. The highest BCUT2D eigenvalue weighted by atomic mass is 32.2. The summed E-state index contributed by atoms with van der Waals surface area (Å²) >= 11 is 0. The Labute approximate surface area is 89.6 Å². The Hall–Kier alpha value is -0.910. The quantitative estimate of drug-likeness (QED) is 0.588. The summed E-state index contributed by atoms with van der Waals surface area (Å²) in [4.78, 5) is 0. The number of benzene rings is 1. The molecular formula is C10H14O4S. The van der Waals surface area contributed by atoms with Crippen molar-refractivity contribution in [1.82, 2.24) is 0 Å². The zero-order valence-corrected chi connectivity index (χ0v) is 9.11. The average Bonchev–Trinajstić information content (AvgIpc) is 2.17. The maximum Gasteiger partial charge on any atom is 0.267 e. The van der Waals surface area contributed by atoms with Crippen LogP contribution in [0.15, 0.2) is 30.3 Å². The Bertz CT molecular complexity index is 372. The molecule has 84 valence electrons. The Balaban J connectivity index is 2.13. The minimum Gasteiger partial charge on any atom is -0.380 e. The molecule has 0 amide bonds. The molecule has 0 spiro atoms. The van der Waals surface area contributed by atoms with Gasteiger partial charge in [0, 0.05) is 0 Å². The van der Waals surface area contributed by atoms with Gasteiger partial charge in [-0.3, -0.25) is 4.55 Å². The van der Waals surface area contributed by atoms with Gasteiger partial charge in [0.2, 0.25) is 0 Å². The van der Waals surface area contributed by atoms with E-state index in [4.69, 9.17) is 9.29 Å². The molecule has 1 aromatic rings. The van der Waals surface area contributed by atoms with Gasteiger partial charge in [-0.25, -0.2) is 0 Å². The van der Waals surface area contributed by atoms with Gasteiger partial charge in [0.05, 0.1) is 19.0 Å². The van der Waals surface area contributed by atoms with Gasteiger partial charge in [-0.2, -0.15) is 8.42 Å². The van der Waals surface area contributed by atoms with Crippen molar-refractivity contribution in [2.24, 2.45) is 0 Å². The van der Waals surface area contributed by atoms with Crippen molar-refractivity contribution in [2.75, 3.05) is 19.0 Å². The van der Waals surface area contributed by atoms with Crippen LogP contribution in [0.3, 0.4) is 0 Å². The molecule has 0 aliphatic carbocycles. The Morgan fingerprint density at radius 2 is 1.80 bits per heavy atom. The first-order chi connectivity index (χ1) is 7.08. The molecule has 0 aliphatic heterocycles. The first-order valence-electron chi connectivity index (χ1n) is 4.65. The van der Waals surface area contributed by atoms with Gasteiger partial charge >= 0.3 is 0 Å². The fourth-order valence-corrected chi connectivity index (χ4v) is 1.43. The van der Waals surface area contributed by atoms with Crippen LogP contribution in [0.25, 0.3) is 0 Å². The summed E-state index contributed by atoms with van der Waals surface area (Å²) in [6.07, 6.45) is 0.742. The second-order valence-corrected chi connectivity index (χ2v) is 4.71. The van der Waals surface area contributed by atoms with Gasteiger partial charge in [-0.05, 0) is 12.0 Å². The number of ether oxygens (including phenoxy) is 1. The van der Waals surface area contributed by atoms with Crippen molar-refractivity contribution in [1.29, 1.82) is 0 Å². The first-order valence-corrected chi connectivity index (χ1v) is 6.26. The van der Waals surface area contributed by atoms with E-state index in [2.05, 4.69) is 0 Å². The summed E-state index contributed by atoms with van der Waals surface area (Å²) in [6, 6.07) is 9.77. The molecule has 0 saturated heterocycles. The lowest BCUT2D eigenvalue weighted by atomic mass is 10.2. The van der Waals surface area contributed by atoms with Crippen molar-refractivity contribution < 1.29 is 17.7 Å². The van der Waals surface area contributed by atoms with Crippen molar-refractivity contribution in [2.45, 2.75) is 6.42 Å². The van der Waals surface area contributed by atoms with Gasteiger partial charge in [0.25, 0.3) is 10.1 Å². The molecule has 1 rings (SSSR count). The summed E-state index contributed by atoms with van der Waals surface area (Å²) in [7, 11) is -3.89. The van der Waals surface area contributed by atoms with Crippen molar-refractivity contribution >= 4 is 10.1 Å². The summed E-state index contributed by atoms with van der Waals surface area (Å²) in [5.41, 5.74) is 1.14. The van der Waals surface area contributed by atoms with Gasteiger partial charge in [0.15, 0.2) is 0 Å². The van der Waals surface area contributed by atoms with Crippen molar-refractivity contribution in [3.05, 3.63) is 35.9 Å². The molecule has 5 heteroatoms. The van der Waals surface area contributed by atoms with Crippen molar-refractivity contribution in [3.8, 4) is 0 Å². The van der Waals surface area contributed by atoms with Gasteiger partial charge in [-0.15, -0.1) is 0 Å². The van der Waals surface area contributed by atoms with E-state index in [1.54, 1.807) is 0 Å². The molecule has 0 unspecified atom stereocenters.